The second kappa shape index (κ2) is 8.11. The molecule has 1 fully saturated rings. The van der Waals surface area contributed by atoms with Crippen LogP contribution in [0.5, 0.6) is 0 Å². The summed E-state index contributed by atoms with van der Waals surface area (Å²) in [5.74, 6) is 2.09. The lowest BCUT2D eigenvalue weighted by Crippen LogP contribution is -2.29. The van der Waals surface area contributed by atoms with Gasteiger partial charge in [0.15, 0.2) is 0 Å². The van der Waals surface area contributed by atoms with Gasteiger partial charge in [-0.1, -0.05) is 52.9 Å². The molecule has 1 unspecified atom stereocenters. The van der Waals surface area contributed by atoms with Crippen LogP contribution in [0, 0.1) is 11.8 Å². The molecule has 0 spiro atoms. The minimum atomic E-state index is 0.772. The molecule has 0 aromatic rings. The molecule has 1 nitrogen and oxygen atoms in total. The summed E-state index contributed by atoms with van der Waals surface area (Å²) in [6.07, 6.45) is 11.5. The average Bonchev–Trinajstić information content (AvgIpc) is 2.35. The summed E-state index contributed by atoms with van der Waals surface area (Å²) in [5, 5.41) is 3.59. The lowest BCUT2D eigenvalue weighted by atomic mass is 9.78. The first-order valence-electron chi connectivity index (χ1n) is 7.53. The van der Waals surface area contributed by atoms with Gasteiger partial charge in [0.1, 0.15) is 0 Å². The van der Waals surface area contributed by atoms with E-state index < -0.39 is 0 Å². The topological polar surface area (TPSA) is 12.0 Å². The SMILES string of the molecule is CCNC(CC)CCC1CCC(CC)CC1. The van der Waals surface area contributed by atoms with Gasteiger partial charge in [-0.05, 0) is 37.6 Å². The van der Waals surface area contributed by atoms with Crippen molar-refractivity contribution >= 4 is 0 Å². The third-order valence-corrected chi connectivity index (χ3v) is 4.45. The van der Waals surface area contributed by atoms with Crippen molar-refractivity contribution < 1.29 is 0 Å². The van der Waals surface area contributed by atoms with Crippen molar-refractivity contribution in [2.75, 3.05) is 6.54 Å². The van der Waals surface area contributed by atoms with Crippen LogP contribution in [0.25, 0.3) is 0 Å². The molecule has 0 aromatic carbocycles. The Bertz CT molecular complexity index is 159. The molecule has 0 saturated heterocycles. The van der Waals surface area contributed by atoms with E-state index in [9.17, 15) is 0 Å². The molecule has 1 saturated carbocycles. The van der Waals surface area contributed by atoms with Gasteiger partial charge in [-0.3, -0.25) is 0 Å². The quantitative estimate of drug-likeness (QED) is 0.678. The maximum absolute atomic E-state index is 3.59. The van der Waals surface area contributed by atoms with E-state index in [1.165, 1.54) is 51.4 Å². The van der Waals surface area contributed by atoms with Gasteiger partial charge in [0, 0.05) is 6.04 Å². The maximum Gasteiger partial charge on any atom is 0.00644 e. The van der Waals surface area contributed by atoms with Crippen molar-refractivity contribution in [1.82, 2.24) is 5.32 Å². The Morgan fingerprint density at radius 1 is 1.00 bits per heavy atom. The Labute approximate surface area is 102 Å². The van der Waals surface area contributed by atoms with E-state index in [1.54, 1.807) is 0 Å². The molecule has 1 atom stereocenters. The number of hydrogen-bond acceptors (Lipinski definition) is 1. The van der Waals surface area contributed by atoms with Gasteiger partial charge in [-0.25, -0.2) is 0 Å². The highest BCUT2D eigenvalue weighted by molar-refractivity contribution is 4.74. The van der Waals surface area contributed by atoms with Gasteiger partial charge in [0.25, 0.3) is 0 Å². The summed E-state index contributed by atoms with van der Waals surface area (Å²) in [6.45, 7) is 8.00. The van der Waals surface area contributed by atoms with Gasteiger partial charge >= 0.3 is 0 Å². The zero-order valence-electron chi connectivity index (χ0n) is 11.6. The van der Waals surface area contributed by atoms with Crippen molar-refractivity contribution in [3.63, 3.8) is 0 Å². The Balaban J connectivity index is 2.13. The average molecular weight is 225 g/mol. The standard InChI is InChI=1S/C15H31N/c1-4-13-7-9-14(10-8-13)11-12-15(5-2)16-6-3/h13-16H,4-12H2,1-3H3. The first-order chi connectivity index (χ1) is 7.80. The Morgan fingerprint density at radius 3 is 2.12 bits per heavy atom. The highest BCUT2D eigenvalue weighted by Gasteiger charge is 2.20. The number of hydrogen-bond donors (Lipinski definition) is 1. The first-order valence-corrected chi connectivity index (χ1v) is 7.53. The van der Waals surface area contributed by atoms with E-state index in [0.717, 1.165) is 24.4 Å². The van der Waals surface area contributed by atoms with Gasteiger partial charge in [-0.15, -0.1) is 0 Å². The third-order valence-electron chi connectivity index (χ3n) is 4.45. The molecule has 0 amide bonds. The Kier molecular flexibility index (Phi) is 7.11. The lowest BCUT2D eigenvalue weighted by molar-refractivity contribution is 0.247. The van der Waals surface area contributed by atoms with Crippen LogP contribution < -0.4 is 5.32 Å². The minimum Gasteiger partial charge on any atom is -0.314 e. The second-order valence-electron chi connectivity index (χ2n) is 5.54. The van der Waals surface area contributed by atoms with E-state index >= 15 is 0 Å². The summed E-state index contributed by atoms with van der Waals surface area (Å²) < 4.78 is 0. The highest BCUT2D eigenvalue weighted by Crippen LogP contribution is 2.33. The van der Waals surface area contributed by atoms with Gasteiger partial charge in [0.2, 0.25) is 0 Å². The van der Waals surface area contributed by atoms with Gasteiger partial charge in [0.05, 0.1) is 0 Å². The Hall–Kier alpha value is -0.0400. The van der Waals surface area contributed by atoms with E-state index in [0.29, 0.717) is 0 Å². The molecule has 1 aliphatic carbocycles. The molecule has 96 valence electrons. The van der Waals surface area contributed by atoms with E-state index in [2.05, 4.69) is 26.1 Å². The smallest absolute Gasteiger partial charge is 0.00644 e. The molecule has 1 heteroatoms. The molecule has 1 N–H and O–H groups in total. The number of rotatable bonds is 7. The van der Waals surface area contributed by atoms with E-state index in [-0.39, 0.29) is 0 Å². The van der Waals surface area contributed by atoms with Crippen LogP contribution >= 0.6 is 0 Å². The van der Waals surface area contributed by atoms with Crippen LogP contribution in [0.1, 0.15) is 72.1 Å². The van der Waals surface area contributed by atoms with Crippen molar-refractivity contribution in [2.24, 2.45) is 11.8 Å². The van der Waals surface area contributed by atoms with Crippen LogP contribution in [-0.4, -0.2) is 12.6 Å². The molecule has 0 radical (unpaired) electrons. The van der Waals surface area contributed by atoms with Crippen LogP contribution in [0.15, 0.2) is 0 Å². The maximum atomic E-state index is 3.59. The Morgan fingerprint density at radius 2 is 1.62 bits per heavy atom. The predicted octanol–water partition coefficient (Wildman–Crippen LogP) is 4.37. The molecule has 1 rings (SSSR count). The summed E-state index contributed by atoms with van der Waals surface area (Å²) >= 11 is 0. The fourth-order valence-electron chi connectivity index (χ4n) is 3.10. The molecular formula is C15H31N. The van der Waals surface area contributed by atoms with Crippen molar-refractivity contribution in [1.29, 1.82) is 0 Å². The third kappa shape index (κ3) is 4.86. The zero-order chi connectivity index (χ0) is 11.8. The largest absolute Gasteiger partial charge is 0.314 e. The fourth-order valence-corrected chi connectivity index (χ4v) is 3.10. The predicted molar refractivity (Wildman–Crippen MR) is 72.7 cm³/mol. The normalized spacial score (nSPS) is 27.9. The minimum absolute atomic E-state index is 0.772. The van der Waals surface area contributed by atoms with Crippen molar-refractivity contribution in [3.8, 4) is 0 Å². The van der Waals surface area contributed by atoms with Crippen molar-refractivity contribution in [2.45, 2.75) is 78.2 Å². The van der Waals surface area contributed by atoms with Crippen LogP contribution in [0.3, 0.4) is 0 Å². The summed E-state index contributed by atoms with van der Waals surface area (Å²) in [6, 6.07) is 0.772. The lowest BCUT2D eigenvalue weighted by Gasteiger charge is -2.29. The summed E-state index contributed by atoms with van der Waals surface area (Å²) in [7, 11) is 0. The molecule has 0 aromatic heterocycles. The molecule has 0 bridgehead atoms. The van der Waals surface area contributed by atoms with E-state index in [1.807, 2.05) is 0 Å². The molecule has 1 aliphatic rings. The van der Waals surface area contributed by atoms with E-state index in [4.69, 9.17) is 0 Å². The molecule has 0 heterocycles. The van der Waals surface area contributed by atoms with Crippen LogP contribution in [-0.2, 0) is 0 Å². The first kappa shape index (κ1) is 14.0. The summed E-state index contributed by atoms with van der Waals surface area (Å²) in [5.41, 5.74) is 0. The fraction of sp³-hybridized carbons (Fsp3) is 1.00. The summed E-state index contributed by atoms with van der Waals surface area (Å²) in [4.78, 5) is 0. The zero-order valence-corrected chi connectivity index (χ0v) is 11.6. The number of nitrogens with one attached hydrogen (secondary N) is 1. The molecular weight excluding hydrogens is 194 g/mol. The second-order valence-corrected chi connectivity index (χ2v) is 5.54. The molecule has 0 aliphatic heterocycles. The van der Waals surface area contributed by atoms with Crippen LogP contribution in [0.4, 0.5) is 0 Å². The molecule has 16 heavy (non-hydrogen) atoms. The highest BCUT2D eigenvalue weighted by atomic mass is 14.9. The van der Waals surface area contributed by atoms with Crippen LogP contribution in [0.2, 0.25) is 0 Å². The van der Waals surface area contributed by atoms with Gasteiger partial charge < -0.3 is 5.32 Å². The monoisotopic (exact) mass is 225 g/mol. The van der Waals surface area contributed by atoms with Gasteiger partial charge in [-0.2, -0.15) is 0 Å². The van der Waals surface area contributed by atoms with Crippen molar-refractivity contribution in [3.05, 3.63) is 0 Å².